The van der Waals surface area contributed by atoms with E-state index in [1.54, 1.807) is 13.0 Å². The molecule has 0 bridgehead atoms. The van der Waals surface area contributed by atoms with Crippen LogP contribution in [0.25, 0.3) is 0 Å². The largest absolute Gasteiger partial charge is 0.387 e. The summed E-state index contributed by atoms with van der Waals surface area (Å²) in [5.74, 6) is 0. The predicted molar refractivity (Wildman–Crippen MR) is 84.1 cm³/mol. The molecule has 3 N–H and O–H groups in total. The molecular weight excluding hydrogens is 306 g/mol. The first-order valence-corrected chi connectivity index (χ1v) is 7.41. The molecule has 7 nitrogen and oxygen atoms in total. The minimum atomic E-state index is -0.769. The summed E-state index contributed by atoms with van der Waals surface area (Å²) >= 11 is 1.47. The topological polar surface area (TPSA) is 105 Å². The number of aliphatic hydroxyl groups is 1. The van der Waals surface area contributed by atoms with Gasteiger partial charge < -0.3 is 15.7 Å². The number of nitro groups is 1. The van der Waals surface area contributed by atoms with Crippen LogP contribution >= 0.6 is 11.3 Å². The zero-order valence-electron chi connectivity index (χ0n) is 11.8. The third kappa shape index (κ3) is 4.03. The molecule has 0 radical (unpaired) electrons. The van der Waals surface area contributed by atoms with Crippen LogP contribution in [0.3, 0.4) is 0 Å². The second-order valence-corrected chi connectivity index (χ2v) is 5.44. The van der Waals surface area contributed by atoms with Crippen LogP contribution in [0.15, 0.2) is 35.0 Å². The fourth-order valence-electron chi connectivity index (χ4n) is 1.84. The molecule has 2 rings (SSSR count). The van der Waals surface area contributed by atoms with E-state index in [1.165, 1.54) is 29.5 Å². The van der Waals surface area contributed by atoms with Crippen molar-refractivity contribution in [3.8, 4) is 0 Å². The number of aryl methyl sites for hydroxylation is 1. The second kappa shape index (κ2) is 7.01. The number of carbonyl (C=O) groups excluding carboxylic acids is 1. The summed E-state index contributed by atoms with van der Waals surface area (Å²) in [5.41, 5.74) is 1.78. The number of hydrogen-bond acceptors (Lipinski definition) is 5. The molecule has 22 heavy (non-hydrogen) atoms. The number of urea groups is 1. The van der Waals surface area contributed by atoms with E-state index in [4.69, 9.17) is 0 Å². The number of benzene rings is 1. The number of non-ortho nitro benzene ring substituents is 1. The van der Waals surface area contributed by atoms with E-state index in [0.717, 1.165) is 5.56 Å². The van der Waals surface area contributed by atoms with E-state index in [1.807, 2.05) is 10.8 Å². The SMILES string of the molecule is Cc1cc([N+](=O)[O-])ccc1NC(=O)NCC(O)c1ccsc1. The number of aliphatic hydroxyl groups excluding tert-OH is 1. The first kappa shape index (κ1) is 15.9. The standard InChI is InChI=1S/C14H15N3O4S/c1-9-6-11(17(20)21)2-3-12(9)16-14(19)15-7-13(18)10-4-5-22-8-10/h2-6,8,13,18H,7H2,1H3,(H2,15,16,19). The van der Waals surface area contributed by atoms with Gasteiger partial charge in [0.1, 0.15) is 0 Å². The lowest BCUT2D eigenvalue weighted by atomic mass is 10.2. The molecule has 0 fully saturated rings. The molecule has 1 atom stereocenters. The number of hydrogen-bond donors (Lipinski definition) is 3. The lowest BCUT2D eigenvalue weighted by Crippen LogP contribution is -2.32. The minimum Gasteiger partial charge on any atom is -0.387 e. The van der Waals surface area contributed by atoms with Crippen molar-refractivity contribution in [3.63, 3.8) is 0 Å². The molecule has 1 heterocycles. The molecule has 0 aliphatic rings. The number of nitrogens with one attached hydrogen (secondary N) is 2. The highest BCUT2D eigenvalue weighted by molar-refractivity contribution is 7.07. The van der Waals surface area contributed by atoms with Crippen molar-refractivity contribution >= 4 is 28.7 Å². The van der Waals surface area contributed by atoms with Gasteiger partial charge in [0.15, 0.2) is 0 Å². The molecule has 0 saturated carbocycles. The molecule has 0 aliphatic carbocycles. The van der Waals surface area contributed by atoms with Crippen molar-refractivity contribution in [1.29, 1.82) is 0 Å². The van der Waals surface area contributed by atoms with Gasteiger partial charge in [-0.3, -0.25) is 10.1 Å². The summed E-state index contributed by atoms with van der Waals surface area (Å²) in [5, 5.41) is 29.3. The van der Waals surface area contributed by atoms with Gasteiger partial charge in [0.2, 0.25) is 0 Å². The molecule has 2 amide bonds. The first-order valence-electron chi connectivity index (χ1n) is 6.47. The van der Waals surface area contributed by atoms with Crippen molar-refractivity contribution < 1.29 is 14.8 Å². The highest BCUT2D eigenvalue weighted by atomic mass is 32.1. The molecular formula is C14H15N3O4S. The monoisotopic (exact) mass is 321 g/mol. The van der Waals surface area contributed by atoms with Crippen molar-refractivity contribution in [2.45, 2.75) is 13.0 Å². The highest BCUT2D eigenvalue weighted by Crippen LogP contribution is 2.21. The van der Waals surface area contributed by atoms with Crippen molar-refractivity contribution in [1.82, 2.24) is 5.32 Å². The average Bonchev–Trinajstić information content (AvgIpc) is 3.01. The van der Waals surface area contributed by atoms with Crippen LogP contribution in [-0.4, -0.2) is 22.6 Å². The Morgan fingerprint density at radius 1 is 1.45 bits per heavy atom. The smallest absolute Gasteiger partial charge is 0.319 e. The van der Waals surface area contributed by atoms with E-state index < -0.39 is 17.1 Å². The maximum absolute atomic E-state index is 11.8. The van der Waals surface area contributed by atoms with E-state index in [2.05, 4.69) is 10.6 Å². The Labute approximate surface area is 130 Å². The summed E-state index contributed by atoms with van der Waals surface area (Å²) in [6, 6.07) is 5.49. The van der Waals surface area contributed by atoms with E-state index >= 15 is 0 Å². The molecule has 0 saturated heterocycles. The lowest BCUT2D eigenvalue weighted by Gasteiger charge is -2.12. The van der Waals surface area contributed by atoms with Crippen molar-refractivity contribution in [2.75, 3.05) is 11.9 Å². The summed E-state index contributed by atoms with van der Waals surface area (Å²) in [4.78, 5) is 22.0. The van der Waals surface area contributed by atoms with Gasteiger partial charge in [0.25, 0.3) is 5.69 Å². The van der Waals surface area contributed by atoms with Gasteiger partial charge in [-0.25, -0.2) is 4.79 Å². The Hall–Kier alpha value is -2.45. The molecule has 1 aromatic carbocycles. The summed E-state index contributed by atoms with van der Waals surface area (Å²) in [6.07, 6.45) is -0.769. The Kier molecular flexibility index (Phi) is 5.08. The summed E-state index contributed by atoms with van der Waals surface area (Å²) in [7, 11) is 0. The fourth-order valence-corrected chi connectivity index (χ4v) is 2.55. The highest BCUT2D eigenvalue weighted by Gasteiger charge is 2.12. The van der Waals surface area contributed by atoms with Crippen LogP contribution in [0.4, 0.5) is 16.2 Å². The molecule has 8 heteroatoms. The van der Waals surface area contributed by atoms with E-state index in [-0.39, 0.29) is 12.2 Å². The summed E-state index contributed by atoms with van der Waals surface area (Å²) in [6.45, 7) is 1.75. The third-order valence-corrected chi connectivity index (χ3v) is 3.75. The van der Waals surface area contributed by atoms with Crippen LogP contribution in [-0.2, 0) is 0 Å². The number of carbonyl (C=O) groups is 1. The van der Waals surface area contributed by atoms with Gasteiger partial charge in [-0.05, 0) is 40.9 Å². The van der Waals surface area contributed by atoms with Crippen LogP contribution in [0, 0.1) is 17.0 Å². The fraction of sp³-hybridized carbons (Fsp3) is 0.214. The van der Waals surface area contributed by atoms with Crippen molar-refractivity contribution in [2.24, 2.45) is 0 Å². The maximum atomic E-state index is 11.8. The molecule has 1 unspecified atom stereocenters. The Morgan fingerprint density at radius 3 is 2.82 bits per heavy atom. The maximum Gasteiger partial charge on any atom is 0.319 e. The van der Waals surface area contributed by atoms with Crippen LogP contribution in [0.5, 0.6) is 0 Å². The van der Waals surface area contributed by atoms with Gasteiger partial charge >= 0.3 is 6.03 Å². The number of nitrogens with zero attached hydrogens (tertiary/aromatic N) is 1. The van der Waals surface area contributed by atoms with Gasteiger partial charge in [-0.1, -0.05) is 0 Å². The zero-order valence-corrected chi connectivity index (χ0v) is 12.6. The first-order chi connectivity index (χ1) is 10.5. The molecule has 116 valence electrons. The molecule has 1 aromatic heterocycles. The predicted octanol–water partition coefficient (Wildman–Crippen LogP) is 2.82. The zero-order chi connectivity index (χ0) is 16.1. The van der Waals surface area contributed by atoms with Crippen LogP contribution in [0.2, 0.25) is 0 Å². The summed E-state index contributed by atoms with van der Waals surface area (Å²) < 4.78 is 0. The molecule has 0 spiro atoms. The lowest BCUT2D eigenvalue weighted by molar-refractivity contribution is -0.384. The van der Waals surface area contributed by atoms with Crippen molar-refractivity contribution in [3.05, 3.63) is 56.3 Å². The average molecular weight is 321 g/mol. The van der Waals surface area contributed by atoms with Crippen LogP contribution < -0.4 is 10.6 Å². The number of amides is 2. The third-order valence-electron chi connectivity index (χ3n) is 3.05. The quantitative estimate of drug-likeness (QED) is 0.581. The Morgan fingerprint density at radius 2 is 2.23 bits per heavy atom. The van der Waals surface area contributed by atoms with Crippen LogP contribution in [0.1, 0.15) is 17.2 Å². The Bertz CT molecular complexity index is 673. The van der Waals surface area contributed by atoms with E-state index in [0.29, 0.717) is 11.3 Å². The second-order valence-electron chi connectivity index (χ2n) is 4.66. The normalized spacial score (nSPS) is 11.7. The number of nitro benzene ring substituents is 1. The minimum absolute atomic E-state index is 0.0312. The van der Waals surface area contributed by atoms with Gasteiger partial charge in [-0.15, -0.1) is 0 Å². The number of thiophene rings is 1. The molecule has 0 aliphatic heterocycles. The van der Waals surface area contributed by atoms with Gasteiger partial charge in [-0.2, -0.15) is 11.3 Å². The van der Waals surface area contributed by atoms with E-state index in [9.17, 15) is 20.0 Å². The number of rotatable bonds is 5. The van der Waals surface area contributed by atoms with Gasteiger partial charge in [0.05, 0.1) is 11.0 Å². The molecule has 2 aromatic rings. The van der Waals surface area contributed by atoms with Gasteiger partial charge in [0, 0.05) is 24.4 Å². The Balaban J connectivity index is 1.91. The number of anilines is 1.